The fourth-order valence-electron chi connectivity index (χ4n) is 5.21. The van der Waals surface area contributed by atoms with Crippen molar-refractivity contribution in [3.63, 3.8) is 0 Å². The van der Waals surface area contributed by atoms with Crippen LogP contribution in [0.3, 0.4) is 0 Å². The Morgan fingerprint density at radius 2 is 1.78 bits per heavy atom. The van der Waals surface area contributed by atoms with E-state index < -0.39 is 5.92 Å². The van der Waals surface area contributed by atoms with E-state index in [2.05, 4.69) is 55.5 Å². The molecular weight excluding hydrogens is 462 g/mol. The first-order valence-corrected chi connectivity index (χ1v) is 12.6. The topological polar surface area (TPSA) is 92.1 Å². The Labute approximate surface area is 208 Å². The predicted molar refractivity (Wildman–Crippen MR) is 137 cm³/mol. The molecule has 188 valence electrons. The molecule has 5 heterocycles. The predicted octanol–water partition coefficient (Wildman–Crippen LogP) is 4.72. The third-order valence-corrected chi connectivity index (χ3v) is 7.32. The molecule has 36 heavy (non-hydrogen) atoms. The number of likely N-dealkylation sites (tertiary alicyclic amines) is 1. The largest absolute Gasteiger partial charge is 0.486 e. The molecule has 6 rings (SSSR count). The first-order chi connectivity index (χ1) is 17.4. The number of hydrogen-bond acceptors (Lipinski definition) is 6. The van der Waals surface area contributed by atoms with Crippen LogP contribution in [0.5, 0.6) is 5.75 Å². The fraction of sp³-hybridized carbons (Fsp3) is 0.407. The Kier molecular flexibility index (Phi) is 5.97. The zero-order chi connectivity index (χ0) is 24.7. The normalized spacial score (nSPS) is 19.2. The van der Waals surface area contributed by atoms with E-state index in [1.807, 2.05) is 6.20 Å². The van der Waals surface area contributed by atoms with Crippen molar-refractivity contribution in [3.05, 3.63) is 48.3 Å². The number of fused-ring (bicyclic) bond motifs is 3. The van der Waals surface area contributed by atoms with Crippen molar-refractivity contribution in [1.29, 1.82) is 0 Å². The number of nitrogens with zero attached hydrogens (tertiary/aromatic N) is 3. The van der Waals surface area contributed by atoms with E-state index in [0.29, 0.717) is 31.2 Å². The van der Waals surface area contributed by atoms with Gasteiger partial charge in [0.05, 0.1) is 17.1 Å². The highest BCUT2D eigenvalue weighted by Gasteiger charge is 2.33. The van der Waals surface area contributed by atoms with Crippen LogP contribution in [0.15, 0.2) is 42.7 Å². The van der Waals surface area contributed by atoms with Gasteiger partial charge >= 0.3 is 0 Å². The summed E-state index contributed by atoms with van der Waals surface area (Å²) in [5, 5.41) is 5.21. The lowest BCUT2D eigenvalue weighted by atomic mass is 10.0. The van der Waals surface area contributed by atoms with Crippen LogP contribution in [0.25, 0.3) is 33.1 Å². The molecule has 0 amide bonds. The van der Waals surface area contributed by atoms with Crippen LogP contribution in [0.2, 0.25) is 0 Å². The Balaban J connectivity index is 1.28. The molecule has 2 saturated heterocycles. The van der Waals surface area contributed by atoms with E-state index in [0.717, 1.165) is 64.6 Å². The van der Waals surface area contributed by atoms with Gasteiger partial charge in [0.2, 0.25) is 0 Å². The van der Waals surface area contributed by atoms with Crippen LogP contribution in [-0.4, -0.2) is 58.1 Å². The Morgan fingerprint density at radius 3 is 2.53 bits per heavy atom. The number of alkyl halides is 2. The molecule has 7 nitrogen and oxygen atoms in total. The van der Waals surface area contributed by atoms with Gasteiger partial charge in [0.25, 0.3) is 5.92 Å². The summed E-state index contributed by atoms with van der Waals surface area (Å²) < 4.78 is 33.3. The van der Waals surface area contributed by atoms with E-state index in [9.17, 15) is 8.78 Å². The maximum Gasteiger partial charge on any atom is 0.250 e. The van der Waals surface area contributed by atoms with Gasteiger partial charge in [-0.3, -0.25) is 4.90 Å². The number of H-pyrrole nitrogens is 1. The van der Waals surface area contributed by atoms with Crippen molar-refractivity contribution >= 4 is 27.8 Å². The average Bonchev–Trinajstić information content (AvgIpc) is 3.26. The summed E-state index contributed by atoms with van der Waals surface area (Å²) in [5.41, 5.74) is 11.0. The second-order valence-corrected chi connectivity index (χ2v) is 9.90. The molecule has 4 aromatic rings. The van der Waals surface area contributed by atoms with Gasteiger partial charge in [-0.1, -0.05) is 24.3 Å². The van der Waals surface area contributed by atoms with Crippen LogP contribution in [0, 0.1) is 0 Å². The van der Waals surface area contributed by atoms with Crippen molar-refractivity contribution in [1.82, 2.24) is 25.2 Å². The molecule has 0 bridgehead atoms. The minimum atomic E-state index is -2.52. The molecule has 3 aromatic heterocycles. The monoisotopic (exact) mass is 492 g/mol. The van der Waals surface area contributed by atoms with Gasteiger partial charge in [-0.15, -0.1) is 0 Å². The second-order valence-electron chi connectivity index (χ2n) is 9.90. The molecule has 0 aliphatic carbocycles. The third-order valence-electron chi connectivity index (χ3n) is 7.32. The van der Waals surface area contributed by atoms with Gasteiger partial charge < -0.3 is 20.8 Å². The number of halogens is 2. The lowest BCUT2D eigenvalue weighted by Crippen LogP contribution is -2.38. The summed E-state index contributed by atoms with van der Waals surface area (Å²) in [6, 6.07) is 10.4. The number of piperidine rings is 2. The SMILES string of the molecule is Nc1ncc2[nH]c3ncc(-c4ccc(CN5CCC(F)(F)CC5)cc4)cc3c2c1OC1CCNCC1. The number of nitrogens with one attached hydrogen (secondary N) is 2. The molecule has 0 spiro atoms. The smallest absolute Gasteiger partial charge is 0.250 e. The zero-order valence-electron chi connectivity index (χ0n) is 20.1. The number of ether oxygens (including phenoxy) is 1. The van der Waals surface area contributed by atoms with Gasteiger partial charge in [-0.05, 0) is 43.1 Å². The Hall–Kier alpha value is -3.30. The number of benzene rings is 1. The Bertz CT molecular complexity index is 1370. The lowest BCUT2D eigenvalue weighted by molar-refractivity contribution is -0.0566. The molecule has 4 N–H and O–H groups in total. The first-order valence-electron chi connectivity index (χ1n) is 12.6. The van der Waals surface area contributed by atoms with Gasteiger partial charge in [0.15, 0.2) is 11.6 Å². The number of anilines is 1. The molecular formula is C27H30F2N6O. The summed E-state index contributed by atoms with van der Waals surface area (Å²) in [4.78, 5) is 14.5. The standard InChI is InChI=1S/C27H30F2N6O/c28-27(29)7-11-35(12-8-27)16-17-1-3-18(4-2-17)19-13-21-23-22(34-26(21)33-14-19)15-32-25(30)24(23)36-20-5-9-31-10-6-20/h1-4,13-15,20,31H,5-12,16H2,(H2,30,32)(H,33,34). The second kappa shape index (κ2) is 9.29. The van der Waals surface area contributed by atoms with Crippen LogP contribution in [-0.2, 0) is 6.54 Å². The van der Waals surface area contributed by atoms with Gasteiger partial charge in [-0.2, -0.15) is 0 Å². The summed E-state index contributed by atoms with van der Waals surface area (Å²) in [7, 11) is 0. The summed E-state index contributed by atoms with van der Waals surface area (Å²) in [5.74, 6) is -1.52. The number of nitrogens with two attached hydrogens (primary N) is 1. The van der Waals surface area contributed by atoms with Crippen molar-refractivity contribution < 1.29 is 13.5 Å². The molecule has 2 aliphatic heterocycles. The van der Waals surface area contributed by atoms with Gasteiger partial charge in [0, 0.05) is 49.6 Å². The number of aromatic nitrogens is 3. The highest BCUT2D eigenvalue weighted by Crippen LogP contribution is 2.38. The highest BCUT2D eigenvalue weighted by atomic mass is 19.3. The number of hydrogen-bond donors (Lipinski definition) is 3. The molecule has 0 saturated carbocycles. The minimum absolute atomic E-state index is 0.0647. The number of nitrogen functional groups attached to an aromatic ring is 1. The van der Waals surface area contributed by atoms with Gasteiger partial charge in [0.1, 0.15) is 11.8 Å². The average molecular weight is 493 g/mol. The van der Waals surface area contributed by atoms with Crippen LogP contribution >= 0.6 is 0 Å². The zero-order valence-corrected chi connectivity index (χ0v) is 20.1. The maximum atomic E-state index is 13.5. The van der Waals surface area contributed by atoms with Crippen molar-refractivity contribution in [2.75, 3.05) is 31.9 Å². The summed E-state index contributed by atoms with van der Waals surface area (Å²) >= 11 is 0. The molecule has 0 atom stereocenters. The summed E-state index contributed by atoms with van der Waals surface area (Å²) in [6.45, 7) is 3.38. The molecule has 0 radical (unpaired) electrons. The highest BCUT2D eigenvalue weighted by molar-refractivity contribution is 6.11. The number of rotatable bonds is 5. The number of pyridine rings is 2. The van der Waals surface area contributed by atoms with E-state index in [1.165, 1.54) is 0 Å². The lowest BCUT2D eigenvalue weighted by Gasteiger charge is -2.31. The maximum absolute atomic E-state index is 13.5. The molecule has 0 unspecified atom stereocenters. The van der Waals surface area contributed by atoms with Crippen molar-refractivity contribution in [2.45, 2.75) is 44.3 Å². The quantitative estimate of drug-likeness (QED) is 0.373. The van der Waals surface area contributed by atoms with Gasteiger partial charge in [-0.25, -0.2) is 18.7 Å². The van der Waals surface area contributed by atoms with Crippen molar-refractivity contribution in [3.8, 4) is 16.9 Å². The summed E-state index contributed by atoms with van der Waals surface area (Å²) in [6.07, 6.45) is 5.40. The van der Waals surface area contributed by atoms with E-state index in [4.69, 9.17) is 10.5 Å². The number of aromatic amines is 1. The molecule has 9 heteroatoms. The van der Waals surface area contributed by atoms with Crippen LogP contribution < -0.4 is 15.8 Å². The van der Waals surface area contributed by atoms with Crippen LogP contribution in [0.4, 0.5) is 14.6 Å². The van der Waals surface area contributed by atoms with Crippen LogP contribution in [0.1, 0.15) is 31.2 Å². The third kappa shape index (κ3) is 4.60. The Morgan fingerprint density at radius 1 is 1.03 bits per heavy atom. The van der Waals surface area contributed by atoms with E-state index in [1.54, 1.807) is 6.20 Å². The molecule has 1 aromatic carbocycles. The minimum Gasteiger partial charge on any atom is -0.486 e. The van der Waals surface area contributed by atoms with Crippen molar-refractivity contribution in [2.24, 2.45) is 0 Å². The molecule has 2 aliphatic rings. The van der Waals surface area contributed by atoms with E-state index >= 15 is 0 Å². The fourth-order valence-corrected chi connectivity index (χ4v) is 5.21. The molecule has 2 fully saturated rings. The first kappa shape index (κ1) is 23.1. The van der Waals surface area contributed by atoms with E-state index in [-0.39, 0.29) is 18.9 Å².